The van der Waals surface area contributed by atoms with Crippen LogP contribution in [0.1, 0.15) is 46.1 Å². The van der Waals surface area contributed by atoms with Crippen LogP contribution in [0.25, 0.3) is 0 Å². The number of anilines is 1. The van der Waals surface area contributed by atoms with Crippen LogP contribution in [0.2, 0.25) is 5.02 Å². The molecule has 0 bridgehead atoms. The summed E-state index contributed by atoms with van der Waals surface area (Å²) in [6.07, 6.45) is -0.473. The van der Waals surface area contributed by atoms with Crippen molar-refractivity contribution in [3.8, 4) is 0 Å². The predicted octanol–water partition coefficient (Wildman–Crippen LogP) is 4.39. The highest BCUT2D eigenvalue weighted by atomic mass is 35.5. The molecule has 22 heavy (non-hydrogen) atoms. The Labute approximate surface area is 137 Å². The molecule has 1 aromatic rings. The van der Waals surface area contributed by atoms with Crippen molar-refractivity contribution in [3.05, 3.63) is 28.8 Å². The van der Waals surface area contributed by atoms with Crippen LogP contribution in [0.15, 0.2) is 18.2 Å². The zero-order valence-electron chi connectivity index (χ0n) is 13.9. The van der Waals surface area contributed by atoms with Crippen LogP contribution in [0.4, 0.5) is 10.5 Å². The largest absolute Gasteiger partial charge is 0.444 e. The molecule has 1 aliphatic carbocycles. The Morgan fingerprint density at radius 2 is 2.05 bits per heavy atom. The number of rotatable bonds is 3. The molecule has 3 N–H and O–H groups in total. The molecule has 0 heterocycles. The Balaban J connectivity index is 2.25. The molecule has 0 radical (unpaired) electrons. The average Bonchev–Trinajstić information content (AvgIpc) is 2.88. The van der Waals surface area contributed by atoms with Gasteiger partial charge in [0.15, 0.2) is 0 Å². The zero-order valence-corrected chi connectivity index (χ0v) is 14.6. The van der Waals surface area contributed by atoms with Gasteiger partial charge in [-0.05, 0) is 62.3 Å². The molecule has 0 aliphatic heterocycles. The number of hydrogen-bond acceptors (Lipinski definition) is 3. The van der Waals surface area contributed by atoms with Crippen molar-refractivity contribution in [1.82, 2.24) is 0 Å². The lowest BCUT2D eigenvalue weighted by molar-refractivity contribution is 0.0636. The first-order valence-corrected chi connectivity index (χ1v) is 7.93. The van der Waals surface area contributed by atoms with Crippen LogP contribution in [0.3, 0.4) is 0 Å². The molecule has 1 aliphatic rings. The van der Waals surface area contributed by atoms with Gasteiger partial charge >= 0.3 is 6.09 Å². The zero-order chi connectivity index (χ0) is 16.7. The molecule has 2 rings (SSSR count). The van der Waals surface area contributed by atoms with Gasteiger partial charge in [-0.1, -0.05) is 31.5 Å². The molecule has 0 aromatic heterocycles. The summed E-state index contributed by atoms with van der Waals surface area (Å²) < 4.78 is 5.32. The minimum Gasteiger partial charge on any atom is -0.444 e. The number of amides is 1. The lowest BCUT2D eigenvalue weighted by atomic mass is 10.0. The number of carbonyl (C=O) groups is 1. The van der Waals surface area contributed by atoms with Crippen LogP contribution in [0.5, 0.6) is 0 Å². The third kappa shape index (κ3) is 3.55. The lowest BCUT2D eigenvalue weighted by Gasteiger charge is -2.21. The van der Waals surface area contributed by atoms with E-state index in [-0.39, 0.29) is 5.41 Å². The van der Waals surface area contributed by atoms with Crippen molar-refractivity contribution in [1.29, 1.82) is 0 Å². The number of ether oxygens (including phenoxy) is 1. The van der Waals surface area contributed by atoms with E-state index in [2.05, 4.69) is 19.2 Å². The van der Waals surface area contributed by atoms with E-state index < -0.39 is 11.7 Å². The van der Waals surface area contributed by atoms with Crippen molar-refractivity contribution in [2.45, 2.75) is 46.1 Å². The van der Waals surface area contributed by atoms with Crippen LogP contribution in [0, 0.1) is 11.3 Å². The standard InChI is InChI=1S/C17H25ClN2O2/c1-16(2,3)22-15(21)20-13-8-10(18)6-7-11(13)14-12(9-19)17(14,4)5/h6-8,12,14H,9,19H2,1-5H3,(H,20,21). The molecular weight excluding hydrogens is 300 g/mol. The second kappa shape index (κ2) is 5.74. The highest BCUT2D eigenvalue weighted by Gasteiger charge is 2.57. The normalized spacial score (nSPS) is 23.0. The van der Waals surface area contributed by atoms with Gasteiger partial charge in [-0.3, -0.25) is 5.32 Å². The molecule has 2 unspecified atom stereocenters. The Morgan fingerprint density at radius 3 is 2.55 bits per heavy atom. The molecule has 5 heteroatoms. The summed E-state index contributed by atoms with van der Waals surface area (Å²) in [6.45, 7) is 10.5. The van der Waals surface area contributed by atoms with E-state index in [1.54, 1.807) is 6.07 Å². The van der Waals surface area contributed by atoms with E-state index in [0.717, 1.165) is 5.56 Å². The van der Waals surface area contributed by atoms with Crippen molar-refractivity contribution < 1.29 is 9.53 Å². The molecule has 1 aromatic carbocycles. The van der Waals surface area contributed by atoms with Gasteiger partial charge in [-0.15, -0.1) is 0 Å². The smallest absolute Gasteiger partial charge is 0.412 e. The summed E-state index contributed by atoms with van der Waals surface area (Å²) in [4.78, 5) is 12.0. The highest BCUT2D eigenvalue weighted by Crippen LogP contribution is 2.65. The summed E-state index contributed by atoms with van der Waals surface area (Å²) in [6, 6.07) is 5.58. The van der Waals surface area contributed by atoms with Crippen molar-refractivity contribution in [2.24, 2.45) is 17.1 Å². The van der Waals surface area contributed by atoms with E-state index in [1.807, 2.05) is 32.9 Å². The van der Waals surface area contributed by atoms with Crippen LogP contribution in [-0.2, 0) is 4.74 Å². The van der Waals surface area contributed by atoms with E-state index in [4.69, 9.17) is 22.1 Å². The predicted molar refractivity (Wildman–Crippen MR) is 90.4 cm³/mol. The van der Waals surface area contributed by atoms with E-state index >= 15 is 0 Å². The quantitative estimate of drug-likeness (QED) is 0.866. The minimum absolute atomic E-state index is 0.132. The molecule has 1 amide bonds. The Morgan fingerprint density at radius 1 is 1.41 bits per heavy atom. The van der Waals surface area contributed by atoms with Gasteiger partial charge in [0.1, 0.15) is 5.60 Å². The topological polar surface area (TPSA) is 64.3 Å². The number of halogens is 1. The Bertz CT molecular complexity index is 579. The molecule has 1 fully saturated rings. The summed E-state index contributed by atoms with van der Waals surface area (Å²) in [5, 5.41) is 3.41. The van der Waals surface area contributed by atoms with Gasteiger partial charge < -0.3 is 10.5 Å². The van der Waals surface area contributed by atoms with E-state index in [9.17, 15) is 4.79 Å². The number of benzene rings is 1. The number of hydrogen-bond donors (Lipinski definition) is 2. The molecular formula is C17H25ClN2O2. The van der Waals surface area contributed by atoms with Crippen molar-refractivity contribution in [3.63, 3.8) is 0 Å². The minimum atomic E-state index is -0.540. The monoisotopic (exact) mass is 324 g/mol. The summed E-state index contributed by atoms with van der Waals surface area (Å²) in [5.74, 6) is 0.729. The molecule has 0 saturated heterocycles. The van der Waals surface area contributed by atoms with Gasteiger partial charge in [0, 0.05) is 10.7 Å². The number of carbonyl (C=O) groups excluding carboxylic acids is 1. The molecule has 0 spiro atoms. The fourth-order valence-electron chi connectivity index (χ4n) is 3.12. The maximum atomic E-state index is 12.0. The van der Waals surface area contributed by atoms with Crippen LogP contribution in [-0.4, -0.2) is 18.2 Å². The summed E-state index contributed by atoms with van der Waals surface area (Å²) in [7, 11) is 0. The SMILES string of the molecule is CC(C)(C)OC(=O)Nc1cc(Cl)ccc1C1C(CN)C1(C)C. The maximum Gasteiger partial charge on any atom is 0.412 e. The Kier molecular flexibility index (Phi) is 4.46. The van der Waals surface area contributed by atoms with Crippen molar-refractivity contribution >= 4 is 23.4 Å². The van der Waals surface area contributed by atoms with Gasteiger partial charge in [-0.25, -0.2) is 4.79 Å². The van der Waals surface area contributed by atoms with Gasteiger partial charge in [0.25, 0.3) is 0 Å². The van der Waals surface area contributed by atoms with Crippen molar-refractivity contribution in [2.75, 3.05) is 11.9 Å². The second-order valence-corrected chi connectivity index (χ2v) is 7.94. The molecule has 2 atom stereocenters. The highest BCUT2D eigenvalue weighted by molar-refractivity contribution is 6.31. The van der Waals surface area contributed by atoms with E-state index in [0.29, 0.717) is 29.1 Å². The molecule has 4 nitrogen and oxygen atoms in total. The van der Waals surface area contributed by atoms with Gasteiger partial charge in [0.05, 0.1) is 0 Å². The van der Waals surface area contributed by atoms with Gasteiger partial charge in [0.2, 0.25) is 0 Å². The molecule has 122 valence electrons. The first kappa shape index (κ1) is 17.1. The van der Waals surface area contributed by atoms with Gasteiger partial charge in [-0.2, -0.15) is 0 Å². The number of nitrogens with two attached hydrogens (primary N) is 1. The Hall–Kier alpha value is -1.26. The molecule has 1 saturated carbocycles. The first-order chi connectivity index (χ1) is 10.1. The summed E-state index contributed by atoms with van der Waals surface area (Å²) >= 11 is 6.08. The third-order valence-corrected chi connectivity index (χ3v) is 4.53. The van der Waals surface area contributed by atoms with E-state index in [1.165, 1.54) is 0 Å². The third-order valence-electron chi connectivity index (χ3n) is 4.29. The first-order valence-electron chi connectivity index (χ1n) is 7.56. The average molecular weight is 325 g/mol. The fourth-order valence-corrected chi connectivity index (χ4v) is 3.30. The maximum absolute atomic E-state index is 12.0. The second-order valence-electron chi connectivity index (χ2n) is 7.50. The lowest BCUT2D eigenvalue weighted by Crippen LogP contribution is -2.27. The van der Waals surface area contributed by atoms with Crippen LogP contribution >= 0.6 is 11.6 Å². The van der Waals surface area contributed by atoms with Crippen LogP contribution < -0.4 is 11.1 Å². The number of nitrogens with one attached hydrogen (secondary N) is 1. The summed E-state index contributed by atoms with van der Waals surface area (Å²) in [5.41, 5.74) is 7.23. The fraction of sp³-hybridized carbons (Fsp3) is 0.588.